The van der Waals surface area contributed by atoms with E-state index in [2.05, 4.69) is 20.4 Å². The number of carbonyl (C=O) groups is 1. The molecule has 0 saturated heterocycles. The minimum absolute atomic E-state index is 0.0344. The van der Waals surface area contributed by atoms with Gasteiger partial charge in [-0.15, -0.1) is 0 Å². The summed E-state index contributed by atoms with van der Waals surface area (Å²) in [6, 6.07) is 1.42. The number of nitrogens with one attached hydrogen (secondary N) is 1. The number of rotatable bonds is 4. The number of nitrogens with zero attached hydrogens (tertiary/aromatic N) is 4. The fourth-order valence-corrected chi connectivity index (χ4v) is 1.46. The number of aryl methyl sites for hydroxylation is 2. The molecule has 0 aliphatic carbocycles. The lowest BCUT2D eigenvalue weighted by molar-refractivity contribution is 0.0690. The maximum absolute atomic E-state index is 10.9. The van der Waals surface area contributed by atoms with Crippen molar-refractivity contribution >= 4 is 17.6 Å². The lowest BCUT2D eigenvalue weighted by Gasteiger charge is -2.04. The summed E-state index contributed by atoms with van der Waals surface area (Å²) in [4.78, 5) is 18.9. The molecule has 2 heterocycles. The maximum atomic E-state index is 10.9. The minimum atomic E-state index is -1.08. The van der Waals surface area contributed by atoms with Gasteiger partial charge in [-0.2, -0.15) is 5.10 Å². The summed E-state index contributed by atoms with van der Waals surface area (Å²) in [5, 5.41) is 15.9. The van der Waals surface area contributed by atoms with E-state index in [0.717, 1.165) is 12.2 Å². The third-order valence-corrected chi connectivity index (χ3v) is 2.29. The molecule has 0 atom stereocenters. The molecule has 18 heavy (non-hydrogen) atoms. The van der Waals surface area contributed by atoms with E-state index in [4.69, 9.17) is 5.11 Å². The number of aromatic nitrogens is 4. The van der Waals surface area contributed by atoms with Crippen LogP contribution in [0.5, 0.6) is 0 Å². The molecule has 0 amide bonds. The fraction of sp³-hybridized carbons (Fsp3) is 0.273. The van der Waals surface area contributed by atoms with Crippen LogP contribution >= 0.6 is 0 Å². The fourth-order valence-electron chi connectivity index (χ4n) is 1.46. The van der Waals surface area contributed by atoms with Gasteiger partial charge in [-0.05, 0) is 19.9 Å². The summed E-state index contributed by atoms with van der Waals surface area (Å²) in [5.41, 5.74) is 1.28. The third kappa shape index (κ3) is 2.62. The van der Waals surface area contributed by atoms with E-state index in [1.165, 1.54) is 6.07 Å². The molecule has 94 valence electrons. The lowest BCUT2D eigenvalue weighted by Crippen LogP contribution is -2.06. The summed E-state index contributed by atoms with van der Waals surface area (Å²) in [6.07, 6.45) is 3.43. The van der Waals surface area contributed by atoms with Crippen molar-refractivity contribution in [2.24, 2.45) is 0 Å². The summed E-state index contributed by atoms with van der Waals surface area (Å²) < 4.78 is 1.75. The molecule has 0 saturated carbocycles. The van der Waals surface area contributed by atoms with Crippen LogP contribution in [-0.2, 0) is 6.54 Å². The highest BCUT2D eigenvalue weighted by Crippen LogP contribution is 2.12. The number of anilines is 2. The molecule has 0 bridgehead atoms. The molecule has 0 spiro atoms. The molecular formula is C11H13N5O2. The van der Waals surface area contributed by atoms with Crippen LogP contribution in [-0.4, -0.2) is 30.8 Å². The van der Waals surface area contributed by atoms with E-state index >= 15 is 0 Å². The van der Waals surface area contributed by atoms with E-state index in [0.29, 0.717) is 5.69 Å². The second kappa shape index (κ2) is 4.82. The van der Waals surface area contributed by atoms with E-state index < -0.39 is 5.97 Å². The van der Waals surface area contributed by atoms with Crippen LogP contribution in [0.4, 0.5) is 11.6 Å². The molecular weight excluding hydrogens is 234 g/mol. The molecule has 0 fully saturated rings. The minimum Gasteiger partial charge on any atom is -0.477 e. The molecule has 0 aliphatic rings. The van der Waals surface area contributed by atoms with Crippen molar-refractivity contribution in [3.05, 3.63) is 29.8 Å². The van der Waals surface area contributed by atoms with Crippen molar-refractivity contribution in [2.75, 3.05) is 5.32 Å². The Bertz CT molecular complexity index is 579. The predicted molar refractivity (Wildman–Crippen MR) is 64.9 cm³/mol. The van der Waals surface area contributed by atoms with Gasteiger partial charge in [-0.3, -0.25) is 4.68 Å². The van der Waals surface area contributed by atoms with Gasteiger partial charge in [-0.25, -0.2) is 14.8 Å². The van der Waals surface area contributed by atoms with Crippen molar-refractivity contribution in [2.45, 2.75) is 20.4 Å². The first-order valence-corrected chi connectivity index (χ1v) is 5.47. The maximum Gasteiger partial charge on any atom is 0.354 e. The van der Waals surface area contributed by atoms with Gasteiger partial charge >= 0.3 is 5.97 Å². The lowest BCUT2D eigenvalue weighted by atomic mass is 10.3. The summed E-state index contributed by atoms with van der Waals surface area (Å²) in [7, 11) is 0. The largest absolute Gasteiger partial charge is 0.477 e. The van der Waals surface area contributed by atoms with Crippen LogP contribution in [0.3, 0.4) is 0 Å². The van der Waals surface area contributed by atoms with Crippen molar-refractivity contribution in [3.8, 4) is 0 Å². The van der Waals surface area contributed by atoms with Crippen LogP contribution in [0.25, 0.3) is 0 Å². The first-order chi connectivity index (χ1) is 8.58. The Morgan fingerprint density at radius 1 is 1.50 bits per heavy atom. The van der Waals surface area contributed by atoms with E-state index in [-0.39, 0.29) is 11.6 Å². The van der Waals surface area contributed by atoms with Crippen molar-refractivity contribution in [1.29, 1.82) is 0 Å². The first-order valence-electron chi connectivity index (χ1n) is 5.47. The van der Waals surface area contributed by atoms with Gasteiger partial charge in [0, 0.05) is 18.4 Å². The normalized spacial score (nSPS) is 10.3. The van der Waals surface area contributed by atoms with Gasteiger partial charge < -0.3 is 10.4 Å². The zero-order valence-electron chi connectivity index (χ0n) is 10.1. The van der Waals surface area contributed by atoms with Crippen LogP contribution in [0.1, 0.15) is 23.1 Å². The van der Waals surface area contributed by atoms with Gasteiger partial charge in [0.15, 0.2) is 5.69 Å². The number of aromatic carboxylic acids is 1. The van der Waals surface area contributed by atoms with Gasteiger partial charge in [0.2, 0.25) is 5.95 Å². The molecule has 2 rings (SSSR count). The van der Waals surface area contributed by atoms with Gasteiger partial charge in [0.1, 0.15) is 0 Å². The Labute approximate surface area is 104 Å². The average molecular weight is 247 g/mol. The van der Waals surface area contributed by atoms with Crippen molar-refractivity contribution in [1.82, 2.24) is 19.7 Å². The molecule has 0 aliphatic heterocycles. The molecule has 2 aromatic rings. The second-order valence-corrected chi connectivity index (χ2v) is 3.73. The molecule has 0 aromatic carbocycles. The third-order valence-electron chi connectivity index (χ3n) is 2.29. The first kappa shape index (κ1) is 12.0. The molecule has 2 aromatic heterocycles. The van der Waals surface area contributed by atoms with Crippen LogP contribution < -0.4 is 5.32 Å². The van der Waals surface area contributed by atoms with Crippen molar-refractivity contribution in [3.63, 3.8) is 0 Å². The second-order valence-electron chi connectivity index (χ2n) is 3.73. The monoisotopic (exact) mass is 247 g/mol. The van der Waals surface area contributed by atoms with E-state index in [1.807, 2.05) is 6.92 Å². The zero-order chi connectivity index (χ0) is 13.1. The Morgan fingerprint density at radius 3 is 2.89 bits per heavy atom. The summed E-state index contributed by atoms with van der Waals surface area (Å²) in [6.45, 7) is 4.45. The predicted octanol–water partition coefficient (Wildman–Crippen LogP) is 1.44. The smallest absolute Gasteiger partial charge is 0.354 e. The molecule has 0 radical (unpaired) electrons. The van der Waals surface area contributed by atoms with Crippen LogP contribution in [0.15, 0.2) is 18.5 Å². The number of carboxylic acid groups (broad SMARTS) is 1. The average Bonchev–Trinajstić information content (AvgIpc) is 2.76. The number of hydrogen-bond acceptors (Lipinski definition) is 5. The van der Waals surface area contributed by atoms with Gasteiger partial charge in [0.25, 0.3) is 0 Å². The topological polar surface area (TPSA) is 92.9 Å². The Balaban J connectivity index is 2.25. The van der Waals surface area contributed by atoms with Gasteiger partial charge in [-0.1, -0.05) is 0 Å². The highest BCUT2D eigenvalue weighted by atomic mass is 16.4. The summed E-state index contributed by atoms with van der Waals surface area (Å²) in [5.74, 6) is -0.823. The molecule has 7 nitrogen and oxygen atoms in total. The zero-order valence-corrected chi connectivity index (χ0v) is 10.1. The Kier molecular flexibility index (Phi) is 3.22. The Hall–Kier alpha value is -2.44. The summed E-state index contributed by atoms with van der Waals surface area (Å²) >= 11 is 0. The van der Waals surface area contributed by atoms with Gasteiger partial charge in [0.05, 0.1) is 11.9 Å². The Morgan fingerprint density at radius 2 is 2.28 bits per heavy atom. The quantitative estimate of drug-likeness (QED) is 0.849. The van der Waals surface area contributed by atoms with E-state index in [1.54, 1.807) is 24.0 Å². The SMILES string of the molecule is CCn1cc(Nc2nc(C)cc(C(=O)O)n2)cn1. The highest BCUT2D eigenvalue weighted by molar-refractivity contribution is 5.85. The van der Waals surface area contributed by atoms with Crippen molar-refractivity contribution < 1.29 is 9.90 Å². The van der Waals surface area contributed by atoms with Crippen LogP contribution in [0.2, 0.25) is 0 Å². The molecule has 2 N–H and O–H groups in total. The molecule has 0 unspecified atom stereocenters. The standard InChI is InChI=1S/C11H13N5O2/c1-3-16-6-8(5-12-16)14-11-13-7(2)4-9(15-11)10(17)18/h4-6H,3H2,1-2H3,(H,17,18)(H,13,14,15). The van der Waals surface area contributed by atoms with E-state index in [9.17, 15) is 4.79 Å². The van der Waals surface area contributed by atoms with Crippen LogP contribution in [0, 0.1) is 6.92 Å². The number of hydrogen-bond donors (Lipinski definition) is 2. The number of carboxylic acids is 1. The molecule has 7 heteroatoms. The highest BCUT2D eigenvalue weighted by Gasteiger charge is 2.09.